The quantitative estimate of drug-likeness (QED) is 0.839. The Morgan fingerprint density at radius 3 is 2.43 bits per heavy atom. The van der Waals surface area contributed by atoms with E-state index in [1.54, 1.807) is 29.8 Å². The maximum Gasteiger partial charge on any atom is 0.329 e. The van der Waals surface area contributed by atoms with Gasteiger partial charge in [0.2, 0.25) is 0 Å². The molecule has 114 valence electrons. The Morgan fingerprint density at radius 1 is 1.24 bits per heavy atom. The number of aromatic nitrogens is 1. The number of hydrogen-bond donors (Lipinski definition) is 0. The number of halogens is 1. The fourth-order valence-corrected chi connectivity index (χ4v) is 2.98. The van der Waals surface area contributed by atoms with Crippen molar-refractivity contribution in [1.82, 2.24) is 9.47 Å². The molecule has 0 fully saturated rings. The summed E-state index contributed by atoms with van der Waals surface area (Å²) in [5, 5.41) is 0.837. The number of fused-ring (bicyclic) bond motifs is 1. The molecular formula is C15H19BrN2O3. The molecule has 0 saturated carbocycles. The van der Waals surface area contributed by atoms with Crippen LogP contribution in [0.3, 0.4) is 0 Å². The van der Waals surface area contributed by atoms with E-state index in [2.05, 4.69) is 15.9 Å². The predicted molar refractivity (Wildman–Crippen MR) is 86.5 cm³/mol. The van der Waals surface area contributed by atoms with Crippen LogP contribution in [0.2, 0.25) is 0 Å². The minimum atomic E-state index is -0.0610. The number of hydrogen-bond acceptors (Lipinski definition) is 3. The average Bonchev–Trinajstić information content (AvgIpc) is 2.82. The zero-order valence-corrected chi connectivity index (χ0v) is 14.2. The SMILES string of the molecule is CCN(CC)C(=O)n1c(Br)cc2c(OC)c(OC)ccc21. The van der Waals surface area contributed by atoms with E-state index in [1.165, 1.54) is 0 Å². The summed E-state index contributed by atoms with van der Waals surface area (Å²) in [5.41, 5.74) is 0.788. The monoisotopic (exact) mass is 354 g/mol. The first-order valence-corrected chi connectivity index (χ1v) is 7.59. The number of amides is 1. The van der Waals surface area contributed by atoms with E-state index >= 15 is 0 Å². The molecular weight excluding hydrogens is 336 g/mol. The van der Waals surface area contributed by atoms with Crippen molar-refractivity contribution in [2.24, 2.45) is 0 Å². The van der Waals surface area contributed by atoms with Crippen LogP contribution in [-0.4, -0.2) is 42.8 Å². The van der Waals surface area contributed by atoms with Gasteiger partial charge in [-0.3, -0.25) is 4.57 Å². The summed E-state index contributed by atoms with van der Waals surface area (Å²) >= 11 is 3.47. The van der Waals surface area contributed by atoms with E-state index in [4.69, 9.17) is 9.47 Å². The van der Waals surface area contributed by atoms with Gasteiger partial charge in [0.15, 0.2) is 11.5 Å². The summed E-state index contributed by atoms with van der Waals surface area (Å²) in [6, 6.07) is 5.48. The molecule has 2 rings (SSSR count). The second-order valence-corrected chi connectivity index (χ2v) is 5.30. The molecule has 0 bridgehead atoms. The zero-order chi connectivity index (χ0) is 15.6. The first-order chi connectivity index (χ1) is 10.1. The molecule has 0 aliphatic heterocycles. The van der Waals surface area contributed by atoms with Crippen molar-refractivity contribution < 1.29 is 14.3 Å². The molecule has 1 amide bonds. The van der Waals surface area contributed by atoms with Crippen LogP contribution in [0.5, 0.6) is 11.5 Å². The minimum Gasteiger partial charge on any atom is -0.493 e. The van der Waals surface area contributed by atoms with Gasteiger partial charge in [0, 0.05) is 18.5 Å². The van der Waals surface area contributed by atoms with Gasteiger partial charge in [0.1, 0.15) is 0 Å². The van der Waals surface area contributed by atoms with Gasteiger partial charge in [-0.05, 0) is 48.0 Å². The lowest BCUT2D eigenvalue weighted by Crippen LogP contribution is -2.34. The molecule has 0 aliphatic carbocycles. The minimum absolute atomic E-state index is 0.0610. The van der Waals surface area contributed by atoms with Gasteiger partial charge in [-0.2, -0.15) is 0 Å². The molecule has 21 heavy (non-hydrogen) atoms. The summed E-state index contributed by atoms with van der Waals surface area (Å²) in [5.74, 6) is 1.27. The summed E-state index contributed by atoms with van der Waals surface area (Å²) in [6.45, 7) is 5.25. The molecule has 0 spiro atoms. The van der Waals surface area contributed by atoms with Crippen LogP contribution in [0.1, 0.15) is 13.8 Å². The molecule has 1 aromatic heterocycles. The number of benzene rings is 1. The number of nitrogens with zero attached hydrogens (tertiary/aromatic N) is 2. The van der Waals surface area contributed by atoms with Crippen LogP contribution in [0.4, 0.5) is 4.79 Å². The number of methoxy groups -OCH3 is 2. The van der Waals surface area contributed by atoms with Gasteiger partial charge in [0.05, 0.1) is 24.3 Å². The maximum absolute atomic E-state index is 12.6. The molecule has 1 heterocycles. The Morgan fingerprint density at radius 2 is 1.90 bits per heavy atom. The highest BCUT2D eigenvalue weighted by molar-refractivity contribution is 9.10. The van der Waals surface area contributed by atoms with Crippen LogP contribution in [-0.2, 0) is 0 Å². The standard InChI is InChI=1S/C15H19BrN2O3/c1-5-17(6-2)15(19)18-11-7-8-12(20-3)14(21-4)10(11)9-13(18)16/h7-9H,5-6H2,1-4H3. The topological polar surface area (TPSA) is 43.7 Å². The van der Waals surface area contributed by atoms with Crippen molar-refractivity contribution in [3.63, 3.8) is 0 Å². The fraction of sp³-hybridized carbons (Fsp3) is 0.400. The van der Waals surface area contributed by atoms with Crippen molar-refractivity contribution in [1.29, 1.82) is 0 Å². The molecule has 2 aromatic rings. The summed E-state index contributed by atoms with van der Waals surface area (Å²) < 4.78 is 13.1. The van der Waals surface area contributed by atoms with Gasteiger partial charge in [-0.1, -0.05) is 0 Å². The van der Waals surface area contributed by atoms with Crippen molar-refractivity contribution in [3.05, 3.63) is 22.8 Å². The molecule has 0 radical (unpaired) electrons. The highest BCUT2D eigenvalue weighted by Crippen LogP contribution is 2.38. The highest BCUT2D eigenvalue weighted by atomic mass is 79.9. The van der Waals surface area contributed by atoms with Crippen LogP contribution in [0, 0.1) is 0 Å². The van der Waals surface area contributed by atoms with Gasteiger partial charge >= 0.3 is 6.03 Å². The fourth-order valence-electron chi connectivity index (χ4n) is 2.40. The Bertz CT molecular complexity index is 662. The zero-order valence-electron chi connectivity index (χ0n) is 12.6. The van der Waals surface area contributed by atoms with E-state index in [0.717, 1.165) is 10.9 Å². The maximum atomic E-state index is 12.6. The average molecular weight is 355 g/mol. The lowest BCUT2D eigenvalue weighted by molar-refractivity contribution is 0.205. The molecule has 0 N–H and O–H groups in total. The van der Waals surface area contributed by atoms with E-state index in [1.807, 2.05) is 26.0 Å². The molecule has 0 saturated heterocycles. The third-order valence-corrected chi connectivity index (χ3v) is 4.09. The number of carbonyl (C=O) groups is 1. The van der Waals surface area contributed by atoms with Crippen molar-refractivity contribution in [2.75, 3.05) is 27.3 Å². The molecule has 6 heteroatoms. The van der Waals surface area contributed by atoms with Gasteiger partial charge < -0.3 is 14.4 Å². The van der Waals surface area contributed by atoms with E-state index in [9.17, 15) is 4.79 Å². The van der Waals surface area contributed by atoms with Crippen molar-refractivity contribution in [3.8, 4) is 11.5 Å². The largest absolute Gasteiger partial charge is 0.493 e. The van der Waals surface area contributed by atoms with E-state index < -0.39 is 0 Å². The van der Waals surface area contributed by atoms with Crippen LogP contribution >= 0.6 is 15.9 Å². The molecule has 0 atom stereocenters. The van der Waals surface area contributed by atoms with Crippen molar-refractivity contribution >= 4 is 32.9 Å². The third kappa shape index (κ3) is 2.60. The number of rotatable bonds is 4. The molecule has 5 nitrogen and oxygen atoms in total. The second-order valence-electron chi connectivity index (χ2n) is 4.49. The predicted octanol–water partition coefficient (Wildman–Crippen LogP) is 3.73. The summed E-state index contributed by atoms with van der Waals surface area (Å²) in [6.07, 6.45) is 0. The van der Waals surface area contributed by atoms with Gasteiger partial charge in [-0.25, -0.2) is 4.79 Å². The van der Waals surface area contributed by atoms with E-state index in [-0.39, 0.29) is 6.03 Å². The van der Waals surface area contributed by atoms with Gasteiger partial charge in [0.25, 0.3) is 0 Å². The summed E-state index contributed by atoms with van der Waals surface area (Å²) in [7, 11) is 3.19. The van der Waals surface area contributed by atoms with Crippen LogP contribution < -0.4 is 9.47 Å². The van der Waals surface area contributed by atoms with Crippen molar-refractivity contribution in [2.45, 2.75) is 13.8 Å². The first kappa shape index (κ1) is 15.7. The Kier molecular flexibility index (Phi) is 4.77. The second kappa shape index (κ2) is 6.39. The summed E-state index contributed by atoms with van der Waals surface area (Å²) in [4.78, 5) is 14.4. The van der Waals surface area contributed by atoms with Crippen LogP contribution in [0.15, 0.2) is 22.8 Å². The molecule has 0 unspecified atom stereocenters. The lowest BCUT2D eigenvalue weighted by Gasteiger charge is -2.20. The molecule has 1 aromatic carbocycles. The van der Waals surface area contributed by atoms with E-state index in [0.29, 0.717) is 29.2 Å². The lowest BCUT2D eigenvalue weighted by atomic mass is 10.2. The number of carbonyl (C=O) groups excluding carboxylic acids is 1. The van der Waals surface area contributed by atoms with Gasteiger partial charge in [-0.15, -0.1) is 0 Å². The first-order valence-electron chi connectivity index (χ1n) is 6.80. The number of ether oxygens (including phenoxy) is 2. The normalized spacial score (nSPS) is 10.7. The van der Waals surface area contributed by atoms with Crippen LogP contribution in [0.25, 0.3) is 10.9 Å². The Labute approximate surface area is 132 Å². The third-order valence-electron chi connectivity index (χ3n) is 3.50. The Hall–Kier alpha value is -1.69. The smallest absolute Gasteiger partial charge is 0.329 e. The molecule has 0 aliphatic rings. The highest BCUT2D eigenvalue weighted by Gasteiger charge is 2.21. The Balaban J connectivity index is 2.66.